The zero-order valence-corrected chi connectivity index (χ0v) is 19.8. The molecule has 0 bridgehead atoms. The molecule has 182 valence electrons. The number of alkyl carbamates (subject to hydrolysis) is 2. The number of ether oxygens (including phenoxy) is 3. The van der Waals surface area contributed by atoms with E-state index in [-0.39, 0.29) is 39.1 Å². The van der Waals surface area contributed by atoms with E-state index < -0.39 is 17.8 Å². The summed E-state index contributed by atoms with van der Waals surface area (Å²) in [7, 11) is 0.254. The fourth-order valence-electron chi connectivity index (χ4n) is 3.39. The van der Waals surface area contributed by atoms with Gasteiger partial charge in [0.05, 0.1) is 12.7 Å². The fourth-order valence-corrected chi connectivity index (χ4v) is 3.39. The van der Waals surface area contributed by atoms with Gasteiger partial charge in [-0.25, -0.2) is 9.59 Å². The molecule has 1 heterocycles. The molecule has 1 aliphatic heterocycles. The van der Waals surface area contributed by atoms with E-state index in [4.69, 9.17) is 18.9 Å². The smallest absolute Gasteiger partial charge is 0.407 e. The van der Waals surface area contributed by atoms with Gasteiger partial charge in [-0.2, -0.15) is 0 Å². The molecular formula is C24H31BN2O7. The van der Waals surface area contributed by atoms with E-state index in [9.17, 15) is 14.7 Å². The van der Waals surface area contributed by atoms with E-state index in [1.807, 2.05) is 30.3 Å². The minimum absolute atomic E-state index is 0.0123. The minimum Gasteiger partial charge on any atom is -0.504 e. The van der Waals surface area contributed by atoms with Crippen molar-refractivity contribution in [1.29, 1.82) is 0 Å². The molecule has 2 aromatic carbocycles. The molecule has 0 saturated carbocycles. The molecule has 0 aromatic heterocycles. The van der Waals surface area contributed by atoms with Crippen LogP contribution in [0.2, 0.25) is 0 Å². The van der Waals surface area contributed by atoms with Gasteiger partial charge in [0, 0.05) is 13.1 Å². The Morgan fingerprint density at radius 1 is 1.09 bits per heavy atom. The van der Waals surface area contributed by atoms with E-state index in [0.717, 1.165) is 16.6 Å². The quantitative estimate of drug-likeness (QED) is 0.381. The highest BCUT2D eigenvalue weighted by atomic mass is 16.6. The molecule has 0 radical (unpaired) electrons. The predicted molar refractivity (Wildman–Crippen MR) is 128 cm³/mol. The average molecular weight is 470 g/mol. The van der Waals surface area contributed by atoms with Crippen LogP contribution in [0.5, 0.6) is 11.5 Å². The third kappa shape index (κ3) is 7.59. The molecule has 2 amide bonds. The molecule has 1 aliphatic rings. The average Bonchev–Trinajstić information content (AvgIpc) is 3.20. The van der Waals surface area contributed by atoms with E-state index >= 15 is 0 Å². The molecule has 0 aliphatic carbocycles. The molecule has 0 spiro atoms. The summed E-state index contributed by atoms with van der Waals surface area (Å²) in [5.74, 6) is 0.363. The van der Waals surface area contributed by atoms with Gasteiger partial charge < -0.3 is 34.6 Å². The van der Waals surface area contributed by atoms with Crippen molar-refractivity contribution in [3.05, 3.63) is 53.6 Å². The molecular weight excluding hydrogens is 439 g/mol. The summed E-state index contributed by atoms with van der Waals surface area (Å²) < 4.78 is 22.0. The third-order valence-corrected chi connectivity index (χ3v) is 4.93. The van der Waals surface area contributed by atoms with Gasteiger partial charge in [0.25, 0.3) is 0 Å². The van der Waals surface area contributed by atoms with E-state index in [0.29, 0.717) is 18.7 Å². The van der Waals surface area contributed by atoms with Crippen molar-refractivity contribution in [2.24, 2.45) is 0 Å². The van der Waals surface area contributed by atoms with Gasteiger partial charge in [0.2, 0.25) is 0 Å². The Morgan fingerprint density at radius 3 is 2.59 bits per heavy atom. The maximum Gasteiger partial charge on any atom is 0.407 e. The number of carbonyl (C=O) groups excluding carboxylic acids is 2. The zero-order valence-electron chi connectivity index (χ0n) is 19.8. The lowest BCUT2D eigenvalue weighted by Gasteiger charge is -2.21. The number of hydrogen-bond donors (Lipinski definition) is 3. The normalized spacial score (nSPS) is 14.5. The van der Waals surface area contributed by atoms with Crippen molar-refractivity contribution in [3.63, 3.8) is 0 Å². The van der Waals surface area contributed by atoms with Crippen molar-refractivity contribution in [2.75, 3.05) is 19.7 Å². The molecule has 1 atom stereocenters. The molecule has 2 aromatic rings. The van der Waals surface area contributed by atoms with E-state index in [1.165, 1.54) is 0 Å². The fraction of sp³-hybridized carbons (Fsp3) is 0.417. The van der Waals surface area contributed by atoms with Crippen molar-refractivity contribution in [1.82, 2.24) is 10.6 Å². The molecule has 3 N–H and O–H groups in total. The van der Waals surface area contributed by atoms with Crippen LogP contribution in [0.1, 0.15) is 44.4 Å². The van der Waals surface area contributed by atoms with Crippen LogP contribution in [0.25, 0.3) is 0 Å². The van der Waals surface area contributed by atoms with Crippen LogP contribution < -0.4 is 20.8 Å². The van der Waals surface area contributed by atoms with Gasteiger partial charge >= 0.3 is 19.7 Å². The lowest BCUT2D eigenvalue weighted by Crippen LogP contribution is -2.34. The topological polar surface area (TPSA) is 115 Å². The Bertz CT molecular complexity index is 979. The summed E-state index contributed by atoms with van der Waals surface area (Å²) in [6.45, 7) is 6.47. The van der Waals surface area contributed by atoms with Crippen LogP contribution in [0.15, 0.2) is 42.5 Å². The number of benzene rings is 2. The van der Waals surface area contributed by atoms with Gasteiger partial charge in [-0.1, -0.05) is 36.4 Å². The molecule has 10 heteroatoms. The maximum absolute atomic E-state index is 11.9. The second-order valence-electron chi connectivity index (χ2n) is 8.85. The summed E-state index contributed by atoms with van der Waals surface area (Å²) in [6.07, 6.45) is -0.865. The Morgan fingerprint density at radius 2 is 1.85 bits per heavy atom. The first-order valence-corrected chi connectivity index (χ1v) is 11.2. The van der Waals surface area contributed by atoms with Gasteiger partial charge in [-0.15, -0.1) is 0 Å². The van der Waals surface area contributed by atoms with Gasteiger partial charge in [-0.3, -0.25) is 0 Å². The Kier molecular flexibility index (Phi) is 8.64. The molecule has 3 rings (SSSR count). The maximum atomic E-state index is 11.9. The first-order chi connectivity index (χ1) is 16.2. The summed E-state index contributed by atoms with van der Waals surface area (Å²) in [6, 6.07) is 12.7. The number of hydrogen-bond acceptors (Lipinski definition) is 7. The summed E-state index contributed by atoms with van der Waals surface area (Å²) in [5.41, 5.74) is 1.91. The number of fused-ring (bicyclic) bond motifs is 1. The van der Waals surface area contributed by atoms with Crippen LogP contribution in [0.4, 0.5) is 9.59 Å². The van der Waals surface area contributed by atoms with E-state index in [2.05, 4.69) is 10.6 Å². The standard InChI is InChI=1S/C24H31BN2O7/c1-24(2,3)33-23(30)27-14-19-17-10-11-18(28)21(20(17)25-34-19)31-13-7-12-26-22(29)32-15-16-8-5-4-6-9-16/h4-6,8-11,19,25,28H,7,12-15H2,1-3H3,(H,26,29)(H,27,30). The molecule has 0 fully saturated rings. The largest absolute Gasteiger partial charge is 0.504 e. The van der Waals surface area contributed by atoms with Crippen LogP contribution in [-0.4, -0.2) is 50.1 Å². The number of rotatable bonds is 9. The Labute approximate surface area is 200 Å². The second kappa shape index (κ2) is 11.6. The SMILES string of the molecule is CC(C)(C)OC(=O)NCC1OBc2c1ccc(O)c2OCCCNC(=O)OCc1ccccc1. The number of phenolic OH excluding ortho intramolecular Hbond substituents is 1. The summed E-state index contributed by atoms with van der Waals surface area (Å²) in [5, 5.41) is 15.7. The Balaban J connectivity index is 1.42. The number of amides is 2. The van der Waals surface area contributed by atoms with Gasteiger partial charge in [0.1, 0.15) is 12.2 Å². The van der Waals surface area contributed by atoms with Crippen LogP contribution in [0.3, 0.4) is 0 Å². The number of aromatic hydroxyl groups is 1. The molecule has 9 nitrogen and oxygen atoms in total. The van der Waals surface area contributed by atoms with Crippen LogP contribution >= 0.6 is 0 Å². The highest BCUT2D eigenvalue weighted by Crippen LogP contribution is 2.31. The van der Waals surface area contributed by atoms with Crippen molar-refractivity contribution < 1.29 is 33.6 Å². The summed E-state index contributed by atoms with van der Waals surface area (Å²) >= 11 is 0. The third-order valence-electron chi connectivity index (χ3n) is 4.93. The molecule has 1 unspecified atom stereocenters. The first-order valence-electron chi connectivity index (χ1n) is 11.2. The highest BCUT2D eigenvalue weighted by molar-refractivity contribution is 6.50. The van der Waals surface area contributed by atoms with Crippen molar-refractivity contribution in [2.45, 2.75) is 45.5 Å². The lowest BCUT2D eigenvalue weighted by molar-refractivity contribution is 0.0504. The minimum atomic E-state index is -0.585. The predicted octanol–water partition coefficient (Wildman–Crippen LogP) is 2.66. The van der Waals surface area contributed by atoms with Crippen molar-refractivity contribution >= 4 is 25.1 Å². The number of carbonyl (C=O) groups is 2. The van der Waals surface area contributed by atoms with E-state index in [1.54, 1.807) is 32.9 Å². The number of phenols is 1. The van der Waals surface area contributed by atoms with Crippen molar-refractivity contribution in [3.8, 4) is 11.5 Å². The summed E-state index contributed by atoms with van der Waals surface area (Å²) in [4.78, 5) is 23.7. The zero-order chi connectivity index (χ0) is 24.6. The number of nitrogens with one attached hydrogen (secondary N) is 2. The Hall–Kier alpha value is -3.40. The first kappa shape index (κ1) is 25.2. The van der Waals surface area contributed by atoms with Crippen LogP contribution in [0, 0.1) is 0 Å². The van der Waals surface area contributed by atoms with Crippen LogP contribution in [-0.2, 0) is 20.7 Å². The monoisotopic (exact) mass is 470 g/mol. The molecule has 34 heavy (non-hydrogen) atoms. The highest BCUT2D eigenvalue weighted by Gasteiger charge is 2.30. The van der Waals surface area contributed by atoms with Gasteiger partial charge in [-0.05, 0) is 49.8 Å². The lowest BCUT2D eigenvalue weighted by atomic mass is 9.85. The molecule has 0 saturated heterocycles. The van der Waals surface area contributed by atoms with Gasteiger partial charge in [0.15, 0.2) is 11.5 Å². The second-order valence-corrected chi connectivity index (χ2v) is 8.85.